The molecule has 2 amide bonds. The fourth-order valence-corrected chi connectivity index (χ4v) is 3.18. The van der Waals surface area contributed by atoms with Crippen molar-refractivity contribution in [1.82, 2.24) is 4.90 Å². The number of nitrogens with zero attached hydrogens (tertiary/aromatic N) is 1. The summed E-state index contributed by atoms with van der Waals surface area (Å²) in [6, 6.07) is 12.2. The molecule has 0 radical (unpaired) electrons. The average molecular weight is 354 g/mol. The molecule has 25 heavy (non-hydrogen) atoms. The van der Waals surface area contributed by atoms with Gasteiger partial charge in [-0.2, -0.15) is 0 Å². The molecule has 0 saturated carbocycles. The van der Waals surface area contributed by atoms with Crippen molar-refractivity contribution in [3.63, 3.8) is 0 Å². The predicted molar refractivity (Wildman–Crippen MR) is 90.4 cm³/mol. The van der Waals surface area contributed by atoms with Gasteiger partial charge in [0.1, 0.15) is 5.75 Å². The van der Waals surface area contributed by atoms with Crippen LogP contribution in [-0.2, 0) is 11.3 Å². The maximum Gasteiger partial charge on any atom is 0.293 e. The number of hydrogen-bond acceptors (Lipinski definition) is 6. The molecular formula is C18H12NO5S-. The van der Waals surface area contributed by atoms with Gasteiger partial charge < -0.3 is 15.0 Å². The van der Waals surface area contributed by atoms with Crippen LogP contribution in [0.3, 0.4) is 0 Å². The zero-order chi connectivity index (χ0) is 18.0. The van der Waals surface area contributed by atoms with E-state index in [0.717, 1.165) is 16.7 Å². The molecule has 1 heterocycles. The van der Waals surface area contributed by atoms with Gasteiger partial charge in [0.2, 0.25) is 0 Å². The fraction of sp³-hybridized carbons (Fsp3) is 0.0556. The lowest BCUT2D eigenvalue weighted by Crippen LogP contribution is -2.28. The van der Waals surface area contributed by atoms with Crippen molar-refractivity contribution in [2.24, 2.45) is 0 Å². The van der Waals surface area contributed by atoms with E-state index in [1.54, 1.807) is 24.3 Å². The van der Waals surface area contributed by atoms with Crippen molar-refractivity contribution in [3.8, 4) is 5.75 Å². The van der Waals surface area contributed by atoms with E-state index in [4.69, 9.17) is 0 Å². The standard InChI is InChI=1S/C18H13NO5S/c20-14-6-4-11(5-7-14)9-15-16(21)19(18(24)25-15)10-12-2-1-3-13(8-12)17(22)23/h1-9,20H,10H2,(H,22,23)/p-1/b15-9+. The number of aromatic carboxylic acids is 1. The van der Waals surface area contributed by atoms with Crippen LogP contribution in [0.15, 0.2) is 53.4 Å². The molecule has 3 rings (SSSR count). The number of carboxylic acid groups (broad SMARTS) is 1. The van der Waals surface area contributed by atoms with Gasteiger partial charge in [-0.25, -0.2) is 0 Å². The Hall–Kier alpha value is -3.06. The van der Waals surface area contributed by atoms with E-state index in [2.05, 4.69) is 0 Å². The molecule has 7 heteroatoms. The van der Waals surface area contributed by atoms with Crippen molar-refractivity contribution in [1.29, 1.82) is 0 Å². The average Bonchev–Trinajstić information content (AvgIpc) is 2.85. The molecule has 1 aliphatic heterocycles. The molecule has 2 aromatic rings. The van der Waals surface area contributed by atoms with Crippen molar-refractivity contribution in [3.05, 3.63) is 70.1 Å². The fourth-order valence-electron chi connectivity index (χ4n) is 2.34. The maximum absolute atomic E-state index is 12.4. The van der Waals surface area contributed by atoms with Gasteiger partial charge in [0.05, 0.1) is 17.4 Å². The molecular weight excluding hydrogens is 342 g/mol. The highest BCUT2D eigenvalue weighted by molar-refractivity contribution is 8.18. The van der Waals surface area contributed by atoms with Gasteiger partial charge in [-0.1, -0.05) is 30.3 Å². The molecule has 1 aliphatic rings. The molecule has 0 aromatic heterocycles. The molecule has 2 aromatic carbocycles. The molecule has 0 unspecified atom stereocenters. The Kier molecular flexibility index (Phi) is 4.58. The smallest absolute Gasteiger partial charge is 0.293 e. The Morgan fingerprint density at radius 1 is 1.16 bits per heavy atom. The number of rotatable bonds is 4. The van der Waals surface area contributed by atoms with Crippen LogP contribution in [0.25, 0.3) is 6.08 Å². The number of hydrogen-bond donors (Lipinski definition) is 1. The number of aromatic hydroxyl groups is 1. The molecule has 126 valence electrons. The minimum atomic E-state index is -1.32. The summed E-state index contributed by atoms with van der Waals surface area (Å²) in [4.78, 5) is 36.8. The summed E-state index contributed by atoms with van der Waals surface area (Å²) in [5.41, 5.74) is 1.20. The van der Waals surface area contributed by atoms with Gasteiger partial charge in [-0.15, -0.1) is 0 Å². The molecule has 1 N–H and O–H groups in total. The van der Waals surface area contributed by atoms with Crippen LogP contribution in [-0.4, -0.2) is 27.1 Å². The largest absolute Gasteiger partial charge is 0.545 e. The van der Waals surface area contributed by atoms with E-state index in [0.29, 0.717) is 11.1 Å². The van der Waals surface area contributed by atoms with Gasteiger partial charge in [-0.05, 0) is 52.7 Å². The molecule has 0 spiro atoms. The van der Waals surface area contributed by atoms with Crippen LogP contribution in [0.1, 0.15) is 21.5 Å². The molecule has 0 bridgehead atoms. The highest BCUT2D eigenvalue weighted by Gasteiger charge is 2.34. The lowest BCUT2D eigenvalue weighted by Gasteiger charge is -2.13. The van der Waals surface area contributed by atoms with Crippen LogP contribution >= 0.6 is 11.8 Å². The second-order valence-corrected chi connectivity index (χ2v) is 6.34. The molecule has 1 fully saturated rings. The number of carbonyl (C=O) groups excluding carboxylic acids is 3. The first kappa shape index (κ1) is 16.8. The number of carboxylic acids is 1. The summed E-state index contributed by atoms with van der Waals surface area (Å²) < 4.78 is 0. The molecule has 6 nitrogen and oxygen atoms in total. The van der Waals surface area contributed by atoms with Crippen molar-refractivity contribution >= 4 is 35.0 Å². The number of phenols is 1. The quantitative estimate of drug-likeness (QED) is 0.843. The minimum Gasteiger partial charge on any atom is -0.545 e. The minimum absolute atomic E-state index is 0.0101. The normalized spacial score (nSPS) is 15.8. The van der Waals surface area contributed by atoms with Gasteiger partial charge in [-0.3, -0.25) is 14.5 Å². The zero-order valence-corrected chi connectivity index (χ0v) is 13.7. The third kappa shape index (κ3) is 3.72. The second kappa shape index (κ2) is 6.82. The van der Waals surface area contributed by atoms with Gasteiger partial charge in [0.15, 0.2) is 0 Å². The number of phenolic OH excluding ortho intramolecular Hbond substituents is 1. The van der Waals surface area contributed by atoms with E-state index < -0.39 is 17.1 Å². The van der Waals surface area contributed by atoms with E-state index in [-0.39, 0.29) is 22.8 Å². The second-order valence-electron chi connectivity index (χ2n) is 5.35. The summed E-state index contributed by atoms with van der Waals surface area (Å²) in [5.74, 6) is -1.65. The van der Waals surface area contributed by atoms with Crippen molar-refractivity contribution in [2.45, 2.75) is 6.54 Å². The van der Waals surface area contributed by atoms with E-state index >= 15 is 0 Å². The molecule has 0 atom stereocenters. The van der Waals surface area contributed by atoms with Crippen molar-refractivity contribution in [2.75, 3.05) is 0 Å². The summed E-state index contributed by atoms with van der Waals surface area (Å²) in [6.07, 6.45) is 1.57. The molecule has 1 saturated heterocycles. The highest BCUT2D eigenvalue weighted by Crippen LogP contribution is 2.33. The van der Waals surface area contributed by atoms with Crippen LogP contribution in [0.2, 0.25) is 0 Å². The van der Waals surface area contributed by atoms with Crippen molar-refractivity contribution < 1.29 is 24.6 Å². The Balaban J connectivity index is 1.81. The van der Waals surface area contributed by atoms with Gasteiger partial charge >= 0.3 is 0 Å². The Bertz CT molecular complexity index is 889. The number of carbonyl (C=O) groups is 3. The lowest BCUT2D eigenvalue weighted by molar-refractivity contribution is -0.255. The SMILES string of the molecule is O=C([O-])c1cccc(CN2C(=O)S/C(=C/c3ccc(O)cc3)C2=O)c1. The monoisotopic (exact) mass is 354 g/mol. The summed E-state index contributed by atoms with van der Waals surface area (Å²) in [7, 11) is 0. The first-order chi connectivity index (χ1) is 11.9. The van der Waals surface area contributed by atoms with Gasteiger partial charge in [0, 0.05) is 0 Å². The van der Waals surface area contributed by atoms with E-state index in [1.807, 2.05) is 0 Å². The summed E-state index contributed by atoms with van der Waals surface area (Å²) in [6.45, 7) is -0.0152. The first-order valence-electron chi connectivity index (χ1n) is 7.29. The van der Waals surface area contributed by atoms with E-state index in [1.165, 1.54) is 30.3 Å². The highest BCUT2D eigenvalue weighted by atomic mass is 32.2. The number of amides is 2. The molecule has 0 aliphatic carbocycles. The number of imide groups is 1. The van der Waals surface area contributed by atoms with Crippen LogP contribution in [0.4, 0.5) is 4.79 Å². The van der Waals surface area contributed by atoms with Gasteiger partial charge in [0.25, 0.3) is 11.1 Å². The Morgan fingerprint density at radius 3 is 2.56 bits per heavy atom. The van der Waals surface area contributed by atoms with Crippen LogP contribution in [0.5, 0.6) is 5.75 Å². The Morgan fingerprint density at radius 2 is 1.88 bits per heavy atom. The maximum atomic E-state index is 12.4. The number of thioether (sulfide) groups is 1. The van der Waals surface area contributed by atoms with Crippen LogP contribution in [0, 0.1) is 0 Å². The first-order valence-corrected chi connectivity index (χ1v) is 8.10. The summed E-state index contributed by atoms with van der Waals surface area (Å²) in [5, 5.41) is 19.8. The number of benzene rings is 2. The zero-order valence-electron chi connectivity index (χ0n) is 12.8. The Labute approximate surface area is 147 Å². The van der Waals surface area contributed by atoms with E-state index in [9.17, 15) is 24.6 Å². The predicted octanol–water partition coefficient (Wildman–Crippen LogP) is 1.99. The topological polar surface area (TPSA) is 97.7 Å². The summed E-state index contributed by atoms with van der Waals surface area (Å²) >= 11 is 0.818. The third-order valence-corrected chi connectivity index (χ3v) is 4.48. The van der Waals surface area contributed by atoms with Crippen LogP contribution < -0.4 is 5.11 Å². The lowest BCUT2D eigenvalue weighted by atomic mass is 10.1. The third-order valence-electron chi connectivity index (χ3n) is 3.57.